The molecule has 0 aliphatic carbocycles. The summed E-state index contributed by atoms with van der Waals surface area (Å²) in [5.74, 6) is -0.593. The summed E-state index contributed by atoms with van der Waals surface area (Å²) in [6.45, 7) is 3.76. The smallest absolute Gasteiger partial charge is 0.277 e. The number of nitrogens with zero attached hydrogens (tertiary/aromatic N) is 3. The quantitative estimate of drug-likeness (QED) is 0.757. The predicted octanol–water partition coefficient (Wildman–Crippen LogP) is 2.50. The van der Waals surface area contributed by atoms with E-state index in [-0.39, 0.29) is 17.5 Å². The fourth-order valence-electron chi connectivity index (χ4n) is 2.60. The first-order valence-electron chi connectivity index (χ1n) is 8.12. The van der Waals surface area contributed by atoms with E-state index >= 15 is 0 Å². The standard InChI is InChI=1S/C19H19N5O2/c1-12-6-4-7-14(10-12)24-11-17(22-23-24)19(26)21-16-9-5-8-15(13(16)2)18(25)20-3/h4-11H,1-3H3,(H,20,25)(H,21,26). The van der Waals surface area contributed by atoms with Crippen LogP contribution < -0.4 is 10.6 Å². The molecule has 3 rings (SSSR count). The van der Waals surface area contributed by atoms with Gasteiger partial charge in [-0.05, 0) is 49.2 Å². The van der Waals surface area contributed by atoms with E-state index in [1.807, 2.05) is 31.2 Å². The molecular formula is C19H19N5O2. The number of hydrogen-bond donors (Lipinski definition) is 2. The fraction of sp³-hybridized carbons (Fsp3) is 0.158. The third kappa shape index (κ3) is 3.46. The van der Waals surface area contributed by atoms with Gasteiger partial charge in [-0.3, -0.25) is 9.59 Å². The Morgan fingerprint density at radius 3 is 2.54 bits per heavy atom. The molecule has 0 fully saturated rings. The van der Waals surface area contributed by atoms with Gasteiger partial charge in [0, 0.05) is 18.3 Å². The summed E-state index contributed by atoms with van der Waals surface area (Å²) in [5.41, 5.74) is 3.86. The van der Waals surface area contributed by atoms with Crippen LogP contribution in [0.5, 0.6) is 0 Å². The van der Waals surface area contributed by atoms with Gasteiger partial charge < -0.3 is 10.6 Å². The molecule has 132 valence electrons. The van der Waals surface area contributed by atoms with Crippen molar-refractivity contribution in [3.05, 3.63) is 71.0 Å². The normalized spacial score (nSPS) is 10.4. The molecule has 1 aromatic heterocycles. The number of carbonyl (C=O) groups is 2. The zero-order valence-electron chi connectivity index (χ0n) is 14.8. The average molecular weight is 349 g/mol. The van der Waals surface area contributed by atoms with Crippen molar-refractivity contribution in [3.8, 4) is 5.69 Å². The lowest BCUT2D eigenvalue weighted by atomic mass is 10.1. The lowest BCUT2D eigenvalue weighted by Gasteiger charge is -2.10. The molecule has 7 heteroatoms. The molecule has 0 aliphatic rings. The third-order valence-corrected chi connectivity index (χ3v) is 4.05. The summed E-state index contributed by atoms with van der Waals surface area (Å²) in [6.07, 6.45) is 1.57. The highest BCUT2D eigenvalue weighted by Crippen LogP contribution is 2.19. The Kier molecular flexibility index (Phi) is 4.79. The Morgan fingerprint density at radius 2 is 1.81 bits per heavy atom. The van der Waals surface area contributed by atoms with E-state index in [4.69, 9.17) is 0 Å². The molecule has 1 heterocycles. The topological polar surface area (TPSA) is 88.9 Å². The minimum atomic E-state index is -0.388. The first-order chi connectivity index (χ1) is 12.5. The van der Waals surface area contributed by atoms with Gasteiger partial charge in [0.2, 0.25) is 0 Å². The molecule has 0 atom stereocenters. The lowest BCUT2D eigenvalue weighted by Crippen LogP contribution is -2.20. The van der Waals surface area contributed by atoms with Crippen molar-refractivity contribution in [2.75, 3.05) is 12.4 Å². The molecule has 7 nitrogen and oxygen atoms in total. The van der Waals surface area contributed by atoms with Crippen LogP contribution in [0.25, 0.3) is 5.69 Å². The van der Waals surface area contributed by atoms with E-state index in [2.05, 4.69) is 20.9 Å². The van der Waals surface area contributed by atoms with Crippen LogP contribution >= 0.6 is 0 Å². The van der Waals surface area contributed by atoms with Crippen LogP contribution in [-0.4, -0.2) is 33.9 Å². The van der Waals surface area contributed by atoms with Gasteiger partial charge in [0.05, 0.1) is 11.9 Å². The SMILES string of the molecule is CNC(=O)c1cccc(NC(=O)c2cn(-c3cccc(C)c3)nn2)c1C. The van der Waals surface area contributed by atoms with Crippen LogP contribution in [0, 0.1) is 13.8 Å². The molecule has 0 saturated carbocycles. The molecule has 0 saturated heterocycles. The molecule has 2 aromatic carbocycles. The molecule has 3 aromatic rings. The number of amides is 2. The molecule has 0 radical (unpaired) electrons. The van der Waals surface area contributed by atoms with Crippen molar-refractivity contribution in [2.45, 2.75) is 13.8 Å². The molecule has 0 spiro atoms. The first kappa shape index (κ1) is 17.3. The van der Waals surface area contributed by atoms with Gasteiger partial charge in [0.15, 0.2) is 5.69 Å². The van der Waals surface area contributed by atoms with Crippen molar-refractivity contribution in [1.82, 2.24) is 20.3 Å². The Labute approximate surface area is 151 Å². The van der Waals surface area contributed by atoms with E-state index < -0.39 is 0 Å². The highest BCUT2D eigenvalue weighted by molar-refractivity contribution is 6.04. The van der Waals surface area contributed by atoms with Crippen molar-refractivity contribution >= 4 is 17.5 Å². The Hall–Kier alpha value is -3.48. The number of benzene rings is 2. The second-order valence-corrected chi connectivity index (χ2v) is 5.90. The second-order valence-electron chi connectivity index (χ2n) is 5.90. The largest absolute Gasteiger partial charge is 0.355 e. The molecule has 2 amide bonds. The van der Waals surface area contributed by atoms with Crippen molar-refractivity contribution < 1.29 is 9.59 Å². The molecular weight excluding hydrogens is 330 g/mol. The summed E-state index contributed by atoms with van der Waals surface area (Å²) >= 11 is 0. The first-order valence-corrected chi connectivity index (χ1v) is 8.12. The highest BCUT2D eigenvalue weighted by Gasteiger charge is 2.15. The van der Waals surface area contributed by atoms with Crippen LogP contribution in [0.1, 0.15) is 32.0 Å². The van der Waals surface area contributed by atoms with Gasteiger partial charge >= 0.3 is 0 Å². The maximum Gasteiger partial charge on any atom is 0.277 e. The predicted molar refractivity (Wildman–Crippen MR) is 98.6 cm³/mol. The zero-order chi connectivity index (χ0) is 18.7. The van der Waals surface area contributed by atoms with Crippen molar-refractivity contribution in [2.24, 2.45) is 0 Å². The van der Waals surface area contributed by atoms with E-state index in [0.717, 1.165) is 11.3 Å². The Balaban J connectivity index is 1.82. The van der Waals surface area contributed by atoms with E-state index in [1.165, 1.54) is 0 Å². The Morgan fingerprint density at radius 1 is 1.04 bits per heavy atom. The Bertz CT molecular complexity index is 978. The summed E-state index contributed by atoms with van der Waals surface area (Å²) in [7, 11) is 1.57. The molecule has 0 aliphatic heterocycles. The summed E-state index contributed by atoms with van der Waals surface area (Å²) < 4.78 is 1.55. The van der Waals surface area contributed by atoms with Gasteiger partial charge in [0.25, 0.3) is 11.8 Å². The minimum Gasteiger partial charge on any atom is -0.355 e. The molecule has 26 heavy (non-hydrogen) atoms. The van der Waals surface area contributed by atoms with Gasteiger partial charge in [-0.2, -0.15) is 0 Å². The van der Waals surface area contributed by atoms with Crippen LogP contribution in [0.15, 0.2) is 48.7 Å². The van der Waals surface area contributed by atoms with Crippen molar-refractivity contribution in [1.29, 1.82) is 0 Å². The summed E-state index contributed by atoms with van der Waals surface area (Å²) in [5, 5.41) is 13.3. The van der Waals surface area contributed by atoms with Crippen LogP contribution in [0.2, 0.25) is 0 Å². The summed E-state index contributed by atoms with van der Waals surface area (Å²) in [6, 6.07) is 12.9. The zero-order valence-corrected chi connectivity index (χ0v) is 14.8. The number of anilines is 1. The molecule has 0 unspecified atom stereocenters. The maximum atomic E-state index is 12.5. The van der Waals surface area contributed by atoms with E-state index in [1.54, 1.807) is 43.0 Å². The van der Waals surface area contributed by atoms with Crippen LogP contribution in [0.3, 0.4) is 0 Å². The number of rotatable bonds is 4. The van der Waals surface area contributed by atoms with Crippen molar-refractivity contribution in [3.63, 3.8) is 0 Å². The van der Waals surface area contributed by atoms with Crippen LogP contribution in [-0.2, 0) is 0 Å². The van der Waals surface area contributed by atoms with Gasteiger partial charge in [0.1, 0.15) is 0 Å². The number of aryl methyl sites for hydroxylation is 1. The fourth-order valence-corrected chi connectivity index (χ4v) is 2.60. The summed E-state index contributed by atoms with van der Waals surface area (Å²) in [4.78, 5) is 24.4. The highest BCUT2D eigenvalue weighted by atomic mass is 16.2. The van der Waals surface area contributed by atoms with E-state index in [0.29, 0.717) is 16.8 Å². The molecule has 0 bridgehead atoms. The number of carbonyl (C=O) groups excluding carboxylic acids is 2. The van der Waals surface area contributed by atoms with Gasteiger partial charge in [-0.15, -0.1) is 5.10 Å². The second kappa shape index (κ2) is 7.18. The van der Waals surface area contributed by atoms with Gasteiger partial charge in [-0.25, -0.2) is 4.68 Å². The van der Waals surface area contributed by atoms with Gasteiger partial charge in [-0.1, -0.05) is 23.4 Å². The number of aromatic nitrogens is 3. The number of hydrogen-bond acceptors (Lipinski definition) is 4. The average Bonchev–Trinajstić information content (AvgIpc) is 3.13. The maximum absolute atomic E-state index is 12.5. The number of nitrogens with one attached hydrogen (secondary N) is 2. The monoisotopic (exact) mass is 349 g/mol. The third-order valence-electron chi connectivity index (χ3n) is 4.05. The molecule has 2 N–H and O–H groups in total. The minimum absolute atomic E-state index is 0.191. The van der Waals surface area contributed by atoms with E-state index in [9.17, 15) is 9.59 Å². The lowest BCUT2D eigenvalue weighted by molar-refractivity contribution is 0.0960. The van der Waals surface area contributed by atoms with Crippen LogP contribution in [0.4, 0.5) is 5.69 Å².